The molecule has 3 N–H and O–H groups in total. The Bertz CT molecular complexity index is 955. The van der Waals surface area contributed by atoms with Crippen molar-refractivity contribution in [2.24, 2.45) is 0 Å². The summed E-state index contributed by atoms with van der Waals surface area (Å²) in [5.41, 5.74) is 3.31. The third-order valence-corrected chi connectivity index (χ3v) is 6.06. The SMILES string of the molecule is C[C@H](O)[C@@H](NC(=O)N1CCN(c2ccc(-c3ccc(OCCN(C)C)cc3)cc2)CC1)C(=O)CO. The van der Waals surface area contributed by atoms with Gasteiger partial charge in [0.2, 0.25) is 0 Å². The number of ether oxygens (including phenoxy) is 1. The zero-order valence-corrected chi connectivity index (χ0v) is 20.7. The van der Waals surface area contributed by atoms with E-state index in [9.17, 15) is 14.7 Å². The van der Waals surface area contributed by atoms with Crippen molar-refractivity contribution in [2.45, 2.75) is 19.1 Å². The molecule has 0 aliphatic carbocycles. The number of carbonyl (C=O) groups is 2. The highest BCUT2D eigenvalue weighted by molar-refractivity contribution is 5.89. The molecule has 1 saturated heterocycles. The van der Waals surface area contributed by atoms with Crippen LogP contribution in [-0.2, 0) is 4.79 Å². The van der Waals surface area contributed by atoms with Crippen LogP contribution in [-0.4, -0.2) is 104 Å². The first kappa shape index (κ1) is 26.5. The van der Waals surface area contributed by atoms with E-state index in [4.69, 9.17) is 9.84 Å². The lowest BCUT2D eigenvalue weighted by molar-refractivity contribution is -0.125. The van der Waals surface area contributed by atoms with Gasteiger partial charge in [0.15, 0.2) is 5.78 Å². The van der Waals surface area contributed by atoms with E-state index in [1.807, 2.05) is 26.2 Å². The van der Waals surface area contributed by atoms with Crippen LogP contribution in [0.4, 0.5) is 10.5 Å². The first-order chi connectivity index (χ1) is 16.8. The van der Waals surface area contributed by atoms with Gasteiger partial charge in [-0.05, 0) is 56.4 Å². The van der Waals surface area contributed by atoms with Gasteiger partial charge in [-0.15, -0.1) is 0 Å². The molecule has 1 aliphatic rings. The molecule has 0 unspecified atom stereocenters. The van der Waals surface area contributed by atoms with Crippen LogP contribution >= 0.6 is 0 Å². The molecule has 35 heavy (non-hydrogen) atoms. The molecule has 9 heteroatoms. The number of nitrogens with one attached hydrogen (secondary N) is 1. The fraction of sp³-hybridized carbons (Fsp3) is 0.462. The molecule has 3 rings (SSSR count). The highest BCUT2D eigenvalue weighted by Crippen LogP contribution is 2.26. The van der Waals surface area contributed by atoms with E-state index < -0.39 is 30.6 Å². The maximum Gasteiger partial charge on any atom is 0.318 e. The third-order valence-electron chi connectivity index (χ3n) is 6.06. The van der Waals surface area contributed by atoms with E-state index in [-0.39, 0.29) is 0 Å². The minimum Gasteiger partial charge on any atom is -0.492 e. The van der Waals surface area contributed by atoms with Crippen molar-refractivity contribution in [3.8, 4) is 16.9 Å². The maximum atomic E-state index is 12.5. The number of piperazine rings is 1. The molecule has 2 aromatic carbocycles. The van der Waals surface area contributed by atoms with Gasteiger partial charge >= 0.3 is 6.03 Å². The van der Waals surface area contributed by atoms with Gasteiger partial charge < -0.3 is 35.0 Å². The van der Waals surface area contributed by atoms with Gasteiger partial charge in [-0.3, -0.25) is 4.79 Å². The number of carbonyl (C=O) groups excluding carboxylic acids is 2. The zero-order chi connectivity index (χ0) is 25.4. The number of hydrogen-bond donors (Lipinski definition) is 3. The first-order valence-corrected chi connectivity index (χ1v) is 11.9. The molecule has 1 aliphatic heterocycles. The van der Waals surface area contributed by atoms with Crippen molar-refractivity contribution in [1.82, 2.24) is 15.1 Å². The highest BCUT2D eigenvalue weighted by Gasteiger charge is 2.28. The Morgan fingerprint density at radius 3 is 2.09 bits per heavy atom. The molecular weight excluding hydrogens is 448 g/mol. The lowest BCUT2D eigenvalue weighted by Gasteiger charge is -2.37. The monoisotopic (exact) mass is 484 g/mol. The predicted octanol–water partition coefficient (Wildman–Crippen LogP) is 1.44. The number of aliphatic hydroxyl groups excluding tert-OH is 2. The predicted molar refractivity (Wildman–Crippen MR) is 136 cm³/mol. The molecule has 9 nitrogen and oxygen atoms in total. The normalized spacial score (nSPS) is 15.6. The van der Waals surface area contributed by atoms with Crippen LogP contribution in [0.1, 0.15) is 6.92 Å². The van der Waals surface area contributed by atoms with Crippen LogP contribution in [0.2, 0.25) is 0 Å². The van der Waals surface area contributed by atoms with Gasteiger partial charge in [0, 0.05) is 38.4 Å². The molecule has 2 amide bonds. The number of aliphatic hydroxyl groups is 2. The van der Waals surface area contributed by atoms with Gasteiger partial charge in [-0.1, -0.05) is 24.3 Å². The Labute approximate surface area is 206 Å². The molecule has 0 aromatic heterocycles. The summed E-state index contributed by atoms with van der Waals surface area (Å²) in [6.45, 7) is 4.48. The van der Waals surface area contributed by atoms with E-state index in [0.29, 0.717) is 32.8 Å². The Balaban J connectivity index is 1.52. The fourth-order valence-corrected chi connectivity index (χ4v) is 3.91. The number of rotatable bonds is 10. The minimum absolute atomic E-state index is 0.415. The van der Waals surface area contributed by atoms with Crippen LogP contribution < -0.4 is 15.0 Å². The molecule has 1 heterocycles. The summed E-state index contributed by atoms with van der Waals surface area (Å²) in [4.78, 5) is 30.2. The summed E-state index contributed by atoms with van der Waals surface area (Å²) in [5, 5.41) is 21.3. The Hall–Kier alpha value is -3.14. The molecule has 1 fully saturated rings. The lowest BCUT2D eigenvalue weighted by atomic mass is 10.0. The van der Waals surface area contributed by atoms with Crippen LogP contribution in [0.15, 0.2) is 48.5 Å². The van der Waals surface area contributed by atoms with Crippen molar-refractivity contribution >= 4 is 17.5 Å². The standard InChI is InChI=1S/C26H36N4O5/c1-19(32)25(24(33)18-31)27-26(34)30-14-12-29(13-15-30)22-8-4-20(5-9-22)21-6-10-23(11-7-21)35-17-16-28(2)3/h4-11,19,25,31-32H,12-18H2,1-3H3,(H,27,34)/t19-,25+/m0/s1. The fourth-order valence-electron chi connectivity index (χ4n) is 3.91. The number of nitrogens with zero attached hydrogens (tertiary/aromatic N) is 3. The van der Waals surface area contributed by atoms with E-state index in [1.54, 1.807) is 4.90 Å². The smallest absolute Gasteiger partial charge is 0.318 e. The van der Waals surface area contributed by atoms with Crippen LogP contribution in [0.5, 0.6) is 5.75 Å². The Kier molecular flexibility index (Phi) is 9.47. The Morgan fingerprint density at radius 1 is 1.00 bits per heavy atom. The first-order valence-electron chi connectivity index (χ1n) is 11.9. The quantitative estimate of drug-likeness (QED) is 0.469. The summed E-state index contributed by atoms with van der Waals surface area (Å²) in [5.74, 6) is 0.244. The van der Waals surface area contributed by atoms with E-state index >= 15 is 0 Å². The lowest BCUT2D eigenvalue weighted by Crippen LogP contribution is -2.57. The Morgan fingerprint density at radius 2 is 1.57 bits per heavy atom. The van der Waals surface area contributed by atoms with E-state index in [1.165, 1.54) is 6.92 Å². The number of ketones is 1. The van der Waals surface area contributed by atoms with Crippen molar-refractivity contribution in [3.63, 3.8) is 0 Å². The largest absolute Gasteiger partial charge is 0.492 e. The molecule has 2 atom stereocenters. The summed E-state index contributed by atoms with van der Waals surface area (Å²) in [6.07, 6.45) is -1.08. The van der Waals surface area contributed by atoms with Gasteiger partial charge in [-0.25, -0.2) is 4.79 Å². The molecule has 0 radical (unpaired) electrons. The van der Waals surface area contributed by atoms with Crippen molar-refractivity contribution in [1.29, 1.82) is 0 Å². The van der Waals surface area contributed by atoms with Gasteiger partial charge in [0.1, 0.15) is 25.0 Å². The minimum atomic E-state index is -1.11. The number of benzene rings is 2. The molecular formula is C26H36N4O5. The van der Waals surface area contributed by atoms with Crippen LogP contribution in [0.25, 0.3) is 11.1 Å². The van der Waals surface area contributed by atoms with Crippen molar-refractivity contribution in [2.75, 3.05) is 64.9 Å². The summed E-state index contributed by atoms with van der Waals surface area (Å²) in [7, 11) is 4.04. The highest BCUT2D eigenvalue weighted by atomic mass is 16.5. The van der Waals surface area contributed by atoms with Crippen molar-refractivity contribution < 1.29 is 24.5 Å². The summed E-state index contributed by atoms with van der Waals surface area (Å²) in [6, 6.07) is 14.9. The molecule has 0 spiro atoms. The second kappa shape index (κ2) is 12.5. The van der Waals surface area contributed by atoms with Gasteiger partial charge in [0.05, 0.1) is 6.10 Å². The number of anilines is 1. The number of urea groups is 1. The van der Waals surface area contributed by atoms with Gasteiger partial charge in [-0.2, -0.15) is 0 Å². The molecule has 190 valence electrons. The maximum absolute atomic E-state index is 12.5. The molecule has 0 bridgehead atoms. The second-order valence-corrected chi connectivity index (χ2v) is 8.99. The average molecular weight is 485 g/mol. The number of hydrogen-bond acceptors (Lipinski definition) is 7. The summed E-state index contributed by atoms with van der Waals surface area (Å²) >= 11 is 0. The summed E-state index contributed by atoms with van der Waals surface area (Å²) < 4.78 is 5.76. The van der Waals surface area contributed by atoms with Crippen molar-refractivity contribution in [3.05, 3.63) is 48.5 Å². The number of likely N-dealkylation sites (N-methyl/N-ethyl adjacent to an activating group) is 1. The average Bonchev–Trinajstić information content (AvgIpc) is 2.87. The topological polar surface area (TPSA) is 106 Å². The van der Waals surface area contributed by atoms with Crippen LogP contribution in [0, 0.1) is 0 Å². The van der Waals surface area contributed by atoms with E-state index in [2.05, 4.69) is 51.5 Å². The zero-order valence-electron chi connectivity index (χ0n) is 20.7. The number of Topliss-reactive ketones (excluding diaryl/α,β-unsaturated/α-hetero) is 1. The number of amides is 2. The second-order valence-electron chi connectivity index (χ2n) is 8.99. The van der Waals surface area contributed by atoms with E-state index in [0.717, 1.165) is 29.1 Å². The van der Waals surface area contributed by atoms with Crippen LogP contribution in [0.3, 0.4) is 0 Å². The molecule has 2 aromatic rings. The molecule has 0 saturated carbocycles. The van der Waals surface area contributed by atoms with Gasteiger partial charge in [0.25, 0.3) is 0 Å². The third kappa shape index (κ3) is 7.42.